The molecule has 1 aromatic carbocycles. The number of rotatable bonds is 5. The van der Waals surface area contributed by atoms with E-state index in [4.69, 9.17) is 16.3 Å². The maximum atomic E-state index is 5.91. The Morgan fingerprint density at radius 3 is 2.80 bits per heavy atom. The minimum Gasteiger partial charge on any atom is -0.438 e. The van der Waals surface area contributed by atoms with Crippen LogP contribution in [0.25, 0.3) is 0 Å². The minimum atomic E-state index is 0.499. The summed E-state index contributed by atoms with van der Waals surface area (Å²) < 4.78 is 6.55. The van der Waals surface area contributed by atoms with Crippen molar-refractivity contribution in [2.75, 3.05) is 11.9 Å². The SMILES string of the molecule is CCCNc1nc(C)cc(Oc2ccc(Cl)cc2Br)n1. The smallest absolute Gasteiger partial charge is 0.226 e. The summed E-state index contributed by atoms with van der Waals surface area (Å²) in [6.07, 6.45) is 1.01. The lowest BCUT2D eigenvalue weighted by Crippen LogP contribution is -2.05. The first kappa shape index (κ1) is 15.1. The minimum absolute atomic E-state index is 0.499. The maximum Gasteiger partial charge on any atom is 0.226 e. The fourth-order valence-electron chi connectivity index (χ4n) is 1.58. The Hall–Kier alpha value is -1.33. The van der Waals surface area contributed by atoms with Gasteiger partial charge in [-0.1, -0.05) is 18.5 Å². The van der Waals surface area contributed by atoms with Gasteiger partial charge >= 0.3 is 0 Å². The van der Waals surface area contributed by atoms with E-state index in [9.17, 15) is 0 Å². The van der Waals surface area contributed by atoms with Gasteiger partial charge in [0.1, 0.15) is 5.75 Å². The summed E-state index contributed by atoms with van der Waals surface area (Å²) in [5, 5.41) is 3.80. The zero-order valence-corrected chi connectivity index (χ0v) is 13.6. The third-order valence-electron chi connectivity index (χ3n) is 2.47. The Balaban J connectivity index is 2.21. The predicted molar refractivity (Wildman–Crippen MR) is 84.8 cm³/mol. The fourth-order valence-corrected chi connectivity index (χ4v) is 2.34. The van der Waals surface area contributed by atoms with Crippen LogP contribution in [0, 0.1) is 6.92 Å². The summed E-state index contributed by atoms with van der Waals surface area (Å²) in [5.41, 5.74) is 0.846. The number of hydrogen-bond donors (Lipinski definition) is 1. The lowest BCUT2D eigenvalue weighted by molar-refractivity contribution is 0.459. The molecule has 0 fully saturated rings. The molecule has 0 saturated heterocycles. The predicted octanol–water partition coefficient (Wildman–Crippen LogP) is 4.82. The Kier molecular flexibility index (Phi) is 5.20. The van der Waals surface area contributed by atoms with Gasteiger partial charge < -0.3 is 10.1 Å². The molecule has 2 rings (SSSR count). The van der Waals surface area contributed by atoms with Crippen molar-refractivity contribution < 1.29 is 4.74 Å². The van der Waals surface area contributed by atoms with Crippen LogP contribution in [-0.4, -0.2) is 16.5 Å². The molecule has 0 bridgehead atoms. The van der Waals surface area contributed by atoms with Crippen LogP contribution >= 0.6 is 27.5 Å². The van der Waals surface area contributed by atoms with Gasteiger partial charge in [-0.25, -0.2) is 4.98 Å². The topological polar surface area (TPSA) is 47.0 Å². The molecule has 0 amide bonds. The molecule has 0 atom stereocenters. The van der Waals surface area contributed by atoms with E-state index in [1.54, 1.807) is 24.3 Å². The molecule has 0 aliphatic carbocycles. The fraction of sp³-hybridized carbons (Fsp3) is 0.286. The molecule has 1 heterocycles. The monoisotopic (exact) mass is 355 g/mol. The van der Waals surface area contributed by atoms with Crippen molar-refractivity contribution in [1.82, 2.24) is 9.97 Å². The van der Waals surface area contributed by atoms with Crippen molar-refractivity contribution in [1.29, 1.82) is 0 Å². The van der Waals surface area contributed by atoms with E-state index in [1.165, 1.54) is 0 Å². The Labute approximate surface area is 131 Å². The van der Waals surface area contributed by atoms with E-state index in [-0.39, 0.29) is 0 Å². The molecule has 2 aromatic rings. The molecule has 106 valence electrons. The number of aryl methyl sites for hydroxylation is 1. The van der Waals surface area contributed by atoms with E-state index in [0.717, 1.165) is 23.1 Å². The summed E-state index contributed by atoms with van der Waals surface area (Å²) in [6, 6.07) is 7.13. The molecule has 1 N–H and O–H groups in total. The number of benzene rings is 1. The highest BCUT2D eigenvalue weighted by atomic mass is 79.9. The van der Waals surface area contributed by atoms with Crippen LogP contribution in [0.4, 0.5) is 5.95 Å². The number of aromatic nitrogens is 2. The first-order chi connectivity index (χ1) is 9.58. The van der Waals surface area contributed by atoms with Crippen LogP contribution in [0.3, 0.4) is 0 Å². The molecule has 0 aliphatic rings. The van der Waals surface area contributed by atoms with Gasteiger partial charge in [0, 0.05) is 23.3 Å². The van der Waals surface area contributed by atoms with E-state index in [0.29, 0.717) is 22.6 Å². The van der Waals surface area contributed by atoms with Crippen molar-refractivity contribution in [2.24, 2.45) is 0 Å². The molecule has 0 saturated carbocycles. The highest BCUT2D eigenvalue weighted by molar-refractivity contribution is 9.10. The maximum absolute atomic E-state index is 5.91. The van der Waals surface area contributed by atoms with E-state index < -0.39 is 0 Å². The molecule has 4 nitrogen and oxygen atoms in total. The molecule has 0 aliphatic heterocycles. The first-order valence-corrected chi connectivity index (χ1v) is 7.48. The van der Waals surface area contributed by atoms with Gasteiger partial charge in [-0.3, -0.25) is 0 Å². The van der Waals surface area contributed by atoms with Crippen LogP contribution < -0.4 is 10.1 Å². The summed E-state index contributed by atoms with van der Waals surface area (Å²) in [7, 11) is 0. The van der Waals surface area contributed by atoms with E-state index >= 15 is 0 Å². The number of nitrogens with zero attached hydrogens (tertiary/aromatic N) is 2. The van der Waals surface area contributed by atoms with Crippen LogP contribution in [-0.2, 0) is 0 Å². The lowest BCUT2D eigenvalue weighted by Gasteiger charge is -2.10. The Bertz CT molecular complexity index is 607. The zero-order chi connectivity index (χ0) is 14.5. The summed E-state index contributed by atoms with van der Waals surface area (Å²) in [5.74, 6) is 1.74. The molecule has 0 unspecified atom stereocenters. The summed E-state index contributed by atoms with van der Waals surface area (Å²) >= 11 is 9.32. The van der Waals surface area contributed by atoms with Gasteiger partial charge in [-0.15, -0.1) is 0 Å². The molecule has 0 radical (unpaired) electrons. The van der Waals surface area contributed by atoms with Crippen molar-refractivity contribution >= 4 is 33.5 Å². The van der Waals surface area contributed by atoms with Crippen molar-refractivity contribution in [3.8, 4) is 11.6 Å². The molecule has 6 heteroatoms. The highest BCUT2D eigenvalue weighted by Crippen LogP contribution is 2.31. The average Bonchev–Trinajstić information content (AvgIpc) is 2.39. The highest BCUT2D eigenvalue weighted by Gasteiger charge is 2.07. The van der Waals surface area contributed by atoms with E-state index in [1.807, 2.05) is 6.92 Å². The van der Waals surface area contributed by atoms with Crippen LogP contribution in [0.15, 0.2) is 28.7 Å². The van der Waals surface area contributed by atoms with Gasteiger partial charge in [0.25, 0.3) is 0 Å². The van der Waals surface area contributed by atoms with Crippen molar-refractivity contribution in [2.45, 2.75) is 20.3 Å². The van der Waals surface area contributed by atoms with Gasteiger partial charge in [0.2, 0.25) is 11.8 Å². The number of halogens is 2. The number of anilines is 1. The molecule has 0 spiro atoms. The van der Waals surface area contributed by atoms with Gasteiger partial charge in [-0.05, 0) is 47.5 Å². The lowest BCUT2D eigenvalue weighted by atomic mass is 10.3. The number of ether oxygens (including phenoxy) is 1. The Morgan fingerprint density at radius 2 is 2.10 bits per heavy atom. The van der Waals surface area contributed by atoms with E-state index in [2.05, 4.69) is 38.1 Å². The first-order valence-electron chi connectivity index (χ1n) is 6.31. The van der Waals surface area contributed by atoms with Crippen LogP contribution in [0.1, 0.15) is 19.0 Å². The van der Waals surface area contributed by atoms with Crippen LogP contribution in [0.2, 0.25) is 5.02 Å². The molecule has 20 heavy (non-hydrogen) atoms. The van der Waals surface area contributed by atoms with Crippen molar-refractivity contribution in [3.63, 3.8) is 0 Å². The van der Waals surface area contributed by atoms with Crippen molar-refractivity contribution in [3.05, 3.63) is 39.5 Å². The average molecular weight is 357 g/mol. The second-order valence-electron chi connectivity index (χ2n) is 4.27. The third kappa shape index (κ3) is 4.08. The zero-order valence-electron chi connectivity index (χ0n) is 11.3. The Morgan fingerprint density at radius 1 is 1.30 bits per heavy atom. The molecule has 1 aromatic heterocycles. The normalized spacial score (nSPS) is 10.4. The summed E-state index contributed by atoms with van der Waals surface area (Å²) in [4.78, 5) is 8.65. The van der Waals surface area contributed by atoms with Gasteiger partial charge in [-0.2, -0.15) is 4.98 Å². The van der Waals surface area contributed by atoms with Crippen LogP contribution in [0.5, 0.6) is 11.6 Å². The second-order valence-corrected chi connectivity index (χ2v) is 5.57. The van der Waals surface area contributed by atoms with Gasteiger partial charge in [0.05, 0.1) is 4.47 Å². The quantitative estimate of drug-likeness (QED) is 0.834. The molecular weight excluding hydrogens is 342 g/mol. The number of hydrogen-bond acceptors (Lipinski definition) is 4. The summed E-state index contributed by atoms with van der Waals surface area (Å²) in [6.45, 7) is 4.82. The van der Waals surface area contributed by atoms with Gasteiger partial charge in [0.15, 0.2) is 0 Å². The number of nitrogens with one attached hydrogen (secondary N) is 1. The second kappa shape index (κ2) is 6.90. The standard InChI is InChI=1S/C14H15BrClN3O/c1-3-6-17-14-18-9(2)7-13(19-14)20-12-5-4-10(16)8-11(12)15/h4-5,7-8H,3,6H2,1-2H3,(H,17,18,19). The molecular formula is C14H15BrClN3O. The third-order valence-corrected chi connectivity index (χ3v) is 3.33. The largest absolute Gasteiger partial charge is 0.438 e.